The van der Waals surface area contributed by atoms with E-state index in [2.05, 4.69) is 26.6 Å². The van der Waals surface area contributed by atoms with Crippen LogP contribution in [0, 0.1) is 11.3 Å². The number of hydrogen-bond acceptors (Lipinski definition) is 9. The molecular weight excluding hydrogens is 492 g/mol. The molecule has 0 fully saturated rings. The van der Waals surface area contributed by atoms with Crippen LogP contribution in [0.25, 0.3) is 0 Å². The average molecular weight is 533 g/mol. The number of amides is 4. The highest BCUT2D eigenvalue weighted by atomic mass is 16.4. The van der Waals surface area contributed by atoms with Crippen molar-refractivity contribution in [2.24, 2.45) is 17.4 Å². The molecule has 0 aromatic heterocycles. The second kappa shape index (κ2) is 17.0. The Balaban J connectivity index is 5.64. The van der Waals surface area contributed by atoms with Gasteiger partial charge < -0.3 is 53.4 Å². The minimum atomic E-state index is -1.60. The predicted molar refractivity (Wildman–Crippen MR) is 132 cm³/mol. The molecule has 0 unspecified atom stereocenters. The zero-order valence-corrected chi connectivity index (χ0v) is 21.2. The van der Waals surface area contributed by atoms with Crippen molar-refractivity contribution in [2.45, 2.75) is 70.2 Å². The quantitative estimate of drug-likeness (QED) is 0.0483. The molecule has 0 aromatic rings. The number of aliphatic hydroxyl groups excluding tert-OH is 2. The third kappa shape index (κ3) is 13.4. The zero-order chi connectivity index (χ0) is 28.7. The van der Waals surface area contributed by atoms with Gasteiger partial charge in [0.2, 0.25) is 23.6 Å². The van der Waals surface area contributed by atoms with Crippen LogP contribution in [0.2, 0.25) is 0 Å². The van der Waals surface area contributed by atoms with Crippen LogP contribution in [-0.2, 0) is 24.0 Å². The fourth-order valence-electron chi connectivity index (χ4n) is 3.00. The third-order valence-electron chi connectivity index (χ3n) is 4.98. The van der Waals surface area contributed by atoms with Gasteiger partial charge in [-0.2, -0.15) is 0 Å². The lowest BCUT2D eigenvalue weighted by Crippen LogP contribution is -2.59. The molecule has 0 spiro atoms. The molecule has 0 aliphatic heterocycles. The summed E-state index contributed by atoms with van der Waals surface area (Å²) in [4.78, 5) is 61.5. The molecule has 0 rings (SSSR count). The highest BCUT2D eigenvalue weighted by Crippen LogP contribution is 2.08. The fraction of sp³-hybridized carbons (Fsp3) is 0.714. The molecule has 0 radical (unpaired) electrons. The van der Waals surface area contributed by atoms with Crippen LogP contribution >= 0.6 is 0 Å². The molecule has 212 valence electrons. The molecule has 0 aliphatic carbocycles. The average Bonchev–Trinajstić information content (AvgIpc) is 2.80. The summed E-state index contributed by atoms with van der Waals surface area (Å²) in [5.41, 5.74) is 10.7. The number of carbonyl (C=O) groups is 5. The first-order valence-corrected chi connectivity index (χ1v) is 11.7. The van der Waals surface area contributed by atoms with Crippen molar-refractivity contribution >= 4 is 35.6 Å². The maximum absolute atomic E-state index is 13.1. The van der Waals surface area contributed by atoms with E-state index in [-0.39, 0.29) is 37.7 Å². The van der Waals surface area contributed by atoms with Crippen LogP contribution in [0.5, 0.6) is 0 Å². The van der Waals surface area contributed by atoms with Crippen molar-refractivity contribution in [2.75, 3.05) is 19.8 Å². The van der Waals surface area contributed by atoms with Gasteiger partial charge >= 0.3 is 5.97 Å². The highest BCUT2D eigenvalue weighted by molar-refractivity contribution is 5.95. The van der Waals surface area contributed by atoms with Gasteiger partial charge in [0.25, 0.3) is 0 Å². The summed E-state index contributed by atoms with van der Waals surface area (Å²) in [6.07, 6.45) is 0.374. The molecule has 16 heteroatoms. The van der Waals surface area contributed by atoms with Gasteiger partial charge in [0.15, 0.2) is 5.96 Å². The lowest BCUT2D eigenvalue weighted by molar-refractivity contribution is -0.143. The second-order valence-corrected chi connectivity index (χ2v) is 8.85. The van der Waals surface area contributed by atoms with Gasteiger partial charge in [0.05, 0.1) is 19.3 Å². The highest BCUT2D eigenvalue weighted by Gasteiger charge is 2.31. The summed E-state index contributed by atoms with van der Waals surface area (Å²) in [5, 5.41) is 46.9. The summed E-state index contributed by atoms with van der Waals surface area (Å²) in [5.74, 6) is -5.07. The summed E-state index contributed by atoms with van der Waals surface area (Å²) < 4.78 is 0. The molecule has 0 aliphatic rings. The number of nitrogens with one attached hydrogen (secondary N) is 6. The van der Waals surface area contributed by atoms with E-state index in [1.165, 1.54) is 6.92 Å². The molecule has 0 saturated carbocycles. The Morgan fingerprint density at radius 1 is 0.784 bits per heavy atom. The number of aliphatic carboxylic acids is 1. The monoisotopic (exact) mass is 532 g/mol. The Hall–Kier alpha value is -3.50. The largest absolute Gasteiger partial charge is 0.480 e. The van der Waals surface area contributed by atoms with Crippen molar-refractivity contribution in [1.82, 2.24) is 26.6 Å². The van der Waals surface area contributed by atoms with Gasteiger partial charge in [-0.3, -0.25) is 24.6 Å². The number of nitrogens with two attached hydrogens (primary N) is 2. The van der Waals surface area contributed by atoms with E-state index in [0.29, 0.717) is 0 Å². The number of aliphatic hydroxyl groups is 2. The second-order valence-electron chi connectivity index (χ2n) is 8.85. The van der Waals surface area contributed by atoms with E-state index in [1.807, 2.05) is 0 Å². The number of carboxylic acid groups (broad SMARTS) is 1. The zero-order valence-electron chi connectivity index (χ0n) is 21.2. The van der Waals surface area contributed by atoms with Gasteiger partial charge in [0, 0.05) is 6.54 Å². The minimum absolute atomic E-state index is 0.00166. The van der Waals surface area contributed by atoms with Crippen LogP contribution in [0.15, 0.2) is 0 Å². The van der Waals surface area contributed by atoms with Crippen LogP contribution in [0.1, 0.15) is 40.0 Å². The third-order valence-corrected chi connectivity index (χ3v) is 4.98. The number of hydrogen-bond donors (Lipinski definition) is 11. The molecular formula is C21H40N8O8. The molecule has 5 atom stereocenters. The standard InChI is InChI=1S/C21H40N8O8/c1-10(2)7-13(27-19(35)14(8-30)28-16(32)11(3)22)18(34)26-12(5-4-6-25-21(23)24)17(33)29-15(9-31)20(36)37/h10-15,30-31H,4-9,22H2,1-3H3,(H,26,34)(H,27,35)(H,28,32)(H,29,33)(H,36,37)(H4,23,24,25)/t11-,12-,13-,14-,15-/m0/s1. The summed E-state index contributed by atoms with van der Waals surface area (Å²) in [6.45, 7) is 3.50. The van der Waals surface area contributed by atoms with E-state index >= 15 is 0 Å². The number of carbonyl (C=O) groups excluding carboxylic acids is 4. The molecule has 0 heterocycles. The van der Waals surface area contributed by atoms with E-state index in [1.54, 1.807) is 13.8 Å². The van der Waals surface area contributed by atoms with E-state index in [9.17, 15) is 34.2 Å². The first kappa shape index (κ1) is 33.5. The summed E-state index contributed by atoms with van der Waals surface area (Å²) >= 11 is 0. The molecule has 37 heavy (non-hydrogen) atoms. The first-order chi connectivity index (χ1) is 17.2. The van der Waals surface area contributed by atoms with Crippen molar-refractivity contribution < 1.29 is 39.3 Å². The summed E-state index contributed by atoms with van der Waals surface area (Å²) in [7, 11) is 0. The summed E-state index contributed by atoms with van der Waals surface area (Å²) in [6, 6.07) is -6.35. The molecule has 13 N–H and O–H groups in total. The lowest BCUT2D eigenvalue weighted by Gasteiger charge is -2.26. The number of guanidine groups is 1. The minimum Gasteiger partial charge on any atom is -0.480 e. The van der Waals surface area contributed by atoms with E-state index in [4.69, 9.17) is 22.0 Å². The topological polar surface area (TPSA) is 282 Å². The molecule has 0 aromatic carbocycles. The van der Waals surface area contributed by atoms with Crippen LogP contribution in [0.4, 0.5) is 0 Å². The van der Waals surface area contributed by atoms with Gasteiger partial charge in [-0.1, -0.05) is 13.8 Å². The lowest BCUT2D eigenvalue weighted by atomic mass is 10.0. The van der Waals surface area contributed by atoms with Crippen LogP contribution in [-0.4, -0.2) is 101 Å². The Labute approximate surface area is 214 Å². The van der Waals surface area contributed by atoms with Crippen LogP contribution < -0.4 is 38.1 Å². The molecule has 0 saturated heterocycles. The van der Waals surface area contributed by atoms with Crippen LogP contribution in [0.3, 0.4) is 0 Å². The maximum Gasteiger partial charge on any atom is 0.328 e. The maximum atomic E-state index is 13.1. The normalized spacial score (nSPS) is 14.9. The van der Waals surface area contributed by atoms with E-state index in [0.717, 1.165) is 0 Å². The number of rotatable bonds is 17. The predicted octanol–water partition coefficient (Wildman–Crippen LogP) is -4.35. The Morgan fingerprint density at radius 2 is 1.24 bits per heavy atom. The fourth-order valence-corrected chi connectivity index (χ4v) is 3.00. The SMILES string of the molecule is CC(C)C[C@H](NC(=O)[C@H](CO)NC(=O)[C@H](C)N)C(=O)N[C@@H](CCCNC(=N)N)C(=O)N[C@@H](CO)C(=O)O. The van der Waals surface area contributed by atoms with Gasteiger partial charge in [0.1, 0.15) is 24.2 Å². The van der Waals surface area contributed by atoms with E-state index < -0.39 is 73.0 Å². The van der Waals surface area contributed by atoms with Crippen molar-refractivity contribution in [1.29, 1.82) is 5.41 Å². The molecule has 4 amide bonds. The Kier molecular flexibility index (Phi) is 15.4. The van der Waals surface area contributed by atoms with Gasteiger partial charge in [-0.25, -0.2) is 4.79 Å². The Morgan fingerprint density at radius 3 is 1.70 bits per heavy atom. The van der Waals surface area contributed by atoms with Crippen molar-refractivity contribution in [3.63, 3.8) is 0 Å². The van der Waals surface area contributed by atoms with Gasteiger partial charge in [-0.15, -0.1) is 0 Å². The molecule has 0 bridgehead atoms. The number of carboxylic acids is 1. The van der Waals surface area contributed by atoms with Crippen molar-refractivity contribution in [3.05, 3.63) is 0 Å². The van der Waals surface area contributed by atoms with Gasteiger partial charge in [-0.05, 0) is 32.1 Å². The smallest absolute Gasteiger partial charge is 0.328 e. The van der Waals surface area contributed by atoms with Crippen molar-refractivity contribution in [3.8, 4) is 0 Å². The molecule has 16 nitrogen and oxygen atoms in total. The first-order valence-electron chi connectivity index (χ1n) is 11.7. The Bertz CT molecular complexity index is 807.